The zero-order valence-electron chi connectivity index (χ0n) is 75.0. The molecule has 34 heteroatoms. The number of benzene rings is 6. The molecule has 1 aromatic heterocycles. The third-order valence-electron chi connectivity index (χ3n) is 23.0. The maximum absolute atomic E-state index is 15.6. The van der Waals surface area contributed by atoms with Crippen LogP contribution in [0.25, 0.3) is 10.9 Å². The predicted octanol–water partition coefficient (Wildman–Crippen LogP) is 7.04. The van der Waals surface area contributed by atoms with Crippen molar-refractivity contribution in [3.8, 4) is 5.75 Å². The van der Waals surface area contributed by atoms with Gasteiger partial charge in [-0.25, -0.2) is 0 Å². The number of rotatable bonds is 25. The van der Waals surface area contributed by atoms with Gasteiger partial charge in [0, 0.05) is 128 Å². The van der Waals surface area contributed by atoms with Crippen LogP contribution in [0, 0.1) is 23.7 Å². The summed E-state index contributed by atoms with van der Waals surface area (Å²) in [6, 6.07) is 30.5. The predicted molar refractivity (Wildman–Crippen MR) is 494 cm³/mol. The fourth-order valence-electron chi connectivity index (χ4n) is 15.6. The number of aromatic hydroxyl groups is 1. The highest BCUT2D eigenvalue weighted by molar-refractivity contribution is 8.00. The Morgan fingerprint density at radius 3 is 1.63 bits per heavy atom. The number of phenolic OH excluding ortho intramolecular Hbond substituents is 1. The minimum Gasteiger partial charge on any atom is -0.508 e. The Balaban J connectivity index is 1.22. The van der Waals surface area contributed by atoms with E-state index in [0.717, 1.165) is 26.5 Å². The van der Waals surface area contributed by atoms with Crippen molar-refractivity contribution in [3.63, 3.8) is 0 Å². The average molecular weight is 1850 g/mol. The summed E-state index contributed by atoms with van der Waals surface area (Å²) in [6.45, 7) is 6.87. The SMILES string of the molecule is CCCC[C@H]1C(=O)N(C)CC(=O)C[C@@H](COC=O)C(=O)C[C@@H](C(C)C)C(=O)N(C)[C@@H](Cc2ccccc2)C(=O)N[C@@H](Cc2ccc(O)cc2)C(=O)N(C)CC(=O)N[C@@H](Cc2c[nH]c3ccccc23)C(=O)N[C@@H](Cc2ccc(Cl)c(Cl)c2)C(=O)N[C@@H](CC(C)C)C(=O)N[C@H](C(=O)CCC(N)=O)CSCC(=O)N[C@@H](Cc2ccccc2)C(=O)N(C)[C@@H](Cc2ccccc2)C(=O)N1C. The molecule has 130 heavy (non-hydrogen) atoms. The van der Waals surface area contributed by atoms with E-state index in [4.69, 9.17) is 33.7 Å². The lowest BCUT2D eigenvalue weighted by molar-refractivity contribution is -0.151. The number of primary amides is 1. The first-order chi connectivity index (χ1) is 61.9. The zero-order chi connectivity index (χ0) is 95.0. The van der Waals surface area contributed by atoms with Crippen molar-refractivity contribution in [1.82, 2.24) is 61.4 Å². The van der Waals surface area contributed by atoms with Gasteiger partial charge < -0.3 is 77.0 Å². The summed E-state index contributed by atoms with van der Waals surface area (Å²) < 4.78 is 5.16. The van der Waals surface area contributed by atoms with E-state index in [0.29, 0.717) is 57.1 Å². The van der Waals surface area contributed by atoms with Crippen LogP contribution < -0.4 is 37.6 Å². The van der Waals surface area contributed by atoms with E-state index in [1.54, 1.807) is 155 Å². The molecule has 696 valence electrons. The van der Waals surface area contributed by atoms with Crippen molar-refractivity contribution in [2.24, 2.45) is 29.4 Å². The molecule has 6 aromatic carbocycles. The number of carbonyl (C=O) groups excluding carboxylic acids is 16. The zero-order valence-corrected chi connectivity index (χ0v) is 77.3. The monoisotopic (exact) mass is 1840 g/mol. The number of ketones is 3. The standard InChI is InChI=1S/C96H119Cl2N13O18S/c1-11-12-32-80-95(127)107(6)52-68(114)48-66(54-129-57-112)84(116)50-70(59(4)5)92(124)110(9)81(46-61-26-18-14-19-27-61)91(123)105-77(44-63-33-36-67(113)37-34-63)93(125)108(7)53-86(118)101-76(49-65-51-100-73-31-23-22-30-69(65)73)90(122)104-75(45-64-35-38-71(97)72(98)42-64)89(121)103-74(41-58(2)3)88(120)106-79(83(115)39-40-85(99)117)55-130-56-87(119)102-78(43-60-24-16-13-17-25-60)94(126)111(10)82(96(128)109(80)8)47-62-28-20-15-21-29-62/h13-31,33-38,42,51,57-59,66,70,74-82,100,113H,11-12,32,39-41,43-50,52-56H2,1-10H3,(H2,99,117)(H,101,118)(H,102,119)(H,103,121)(H,104,122)(H,105,123)(H,106,120)/t66-,70-,74-,75-,76-,77-,78-,79-,80-,81-,82-/m0/s1. The van der Waals surface area contributed by atoms with Crippen LogP contribution in [0.1, 0.15) is 119 Å². The smallest absolute Gasteiger partial charge is 0.293 e. The molecule has 7 aromatic rings. The van der Waals surface area contributed by atoms with Gasteiger partial charge in [-0.15, -0.1) is 11.8 Å². The van der Waals surface area contributed by atoms with E-state index < -0.39 is 211 Å². The summed E-state index contributed by atoms with van der Waals surface area (Å²) in [4.78, 5) is 244. The van der Waals surface area contributed by atoms with Gasteiger partial charge >= 0.3 is 0 Å². The molecule has 0 spiro atoms. The number of carbonyl (C=O) groups is 16. The number of H-pyrrole nitrogens is 1. The molecule has 8 rings (SSSR count). The topological polar surface area (TPSA) is 433 Å². The Bertz CT molecular complexity index is 5110. The van der Waals surface area contributed by atoms with Crippen LogP contribution in [-0.2, 0) is 120 Å². The van der Waals surface area contributed by atoms with Crippen LogP contribution >= 0.6 is 35.0 Å². The number of para-hydroxylation sites is 1. The van der Waals surface area contributed by atoms with Gasteiger partial charge in [-0.05, 0) is 88.4 Å². The Morgan fingerprint density at radius 2 is 1.04 bits per heavy atom. The molecule has 1 saturated heterocycles. The molecule has 2 heterocycles. The molecule has 0 unspecified atom stereocenters. The number of hydrogen-bond acceptors (Lipinski definition) is 19. The van der Waals surface area contributed by atoms with Gasteiger partial charge in [0.25, 0.3) is 6.47 Å². The number of amides is 12. The third kappa shape index (κ3) is 31.0. The van der Waals surface area contributed by atoms with Gasteiger partial charge in [-0.2, -0.15) is 0 Å². The minimum absolute atomic E-state index is 0.0697. The van der Waals surface area contributed by atoms with E-state index >= 15 is 43.2 Å². The van der Waals surface area contributed by atoms with Crippen molar-refractivity contribution in [1.29, 1.82) is 0 Å². The van der Waals surface area contributed by atoms with E-state index in [9.17, 15) is 38.7 Å². The Hall–Kier alpha value is -12.3. The highest BCUT2D eigenvalue weighted by atomic mass is 35.5. The number of aromatic amines is 1. The second kappa shape index (κ2) is 50.6. The summed E-state index contributed by atoms with van der Waals surface area (Å²) in [5.41, 5.74) is 9.32. The molecule has 0 radical (unpaired) electrons. The molecular formula is C96H119Cl2N13O18S. The number of fused-ring (bicyclic) bond motifs is 1. The van der Waals surface area contributed by atoms with Crippen molar-refractivity contribution in [2.75, 3.05) is 66.4 Å². The summed E-state index contributed by atoms with van der Waals surface area (Å²) in [5.74, 6) is -16.2. The minimum atomic E-state index is -1.60. The molecule has 12 amide bonds. The van der Waals surface area contributed by atoms with E-state index in [-0.39, 0.29) is 85.3 Å². The lowest BCUT2D eigenvalue weighted by Crippen LogP contribution is -2.59. The summed E-state index contributed by atoms with van der Waals surface area (Å²) in [7, 11) is 6.81. The molecular weight excluding hydrogens is 1730 g/mol. The Morgan fingerprint density at radius 1 is 0.523 bits per heavy atom. The number of hydrogen-bond donors (Lipinski definition) is 9. The maximum atomic E-state index is 15.6. The molecule has 11 atom stereocenters. The molecule has 0 bridgehead atoms. The second-order valence-corrected chi connectivity index (χ2v) is 35.7. The molecule has 10 N–H and O–H groups in total. The number of nitrogens with one attached hydrogen (secondary N) is 7. The molecule has 0 aliphatic carbocycles. The Kier molecular flexibility index (Phi) is 40.1. The van der Waals surface area contributed by atoms with E-state index in [2.05, 4.69) is 36.9 Å². The first kappa shape index (κ1) is 103. The largest absolute Gasteiger partial charge is 0.508 e. The molecule has 1 aliphatic rings. The van der Waals surface area contributed by atoms with Gasteiger partial charge in [0.1, 0.15) is 66.5 Å². The number of nitrogens with zero attached hydrogens (tertiary/aromatic N) is 5. The maximum Gasteiger partial charge on any atom is 0.293 e. The summed E-state index contributed by atoms with van der Waals surface area (Å²) in [5, 5.41) is 28.1. The molecule has 0 saturated carbocycles. The summed E-state index contributed by atoms with van der Waals surface area (Å²) >= 11 is 13.9. The fourth-order valence-corrected chi connectivity index (χ4v) is 16.8. The quantitative estimate of drug-likeness (QED) is 0.0259. The van der Waals surface area contributed by atoms with E-state index in [1.165, 1.54) is 81.4 Å². The number of phenols is 1. The van der Waals surface area contributed by atoms with Crippen LogP contribution in [0.2, 0.25) is 10.0 Å². The first-order valence-electron chi connectivity index (χ1n) is 43.4. The fraction of sp³-hybridized carbons (Fsp3) is 0.438. The van der Waals surface area contributed by atoms with E-state index in [1.807, 2.05) is 6.92 Å². The normalized spacial score (nSPS) is 22.0. The lowest BCUT2D eigenvalue weighted by Gasteiger charge is -2.37. The van der Waals surface area contributed by atoms with Gasteiger partial charge in [0.2, 0.25) is 70.9 Å². The average Bonchev–Trinajstić information content (AvgIpc) is 1.34. The number of ether oxygens (including phenoxy) is 1. The number of nitrogens with two attached hydrogens (primary N) is 1. The molecule has 31 nitrogen and oxygen atoms in total. The number of thioether (sulfide) groups is 1. The van der Waals surface area contributed by atoms with Gasteiger partial charge in [-0.1, -0.05) is 198 Å². The van der Waals surface area contributed by atoms with Crippen LogP contribution in [0.3, 0.4) is 0 Å². The van der Waals surface area contributed by atoms with Crippen molar-refractivity contribution < 1.29 is 86.6 Å². The van der Waals surface area contributed by atoms with Crippen LogP contribution in [0.15, 0.2) is 164 Å². The molecule has 1 fully saturated rings. The van der Waals surface area contributed by atoms with Gasteiger partial charge in [0.15, 0.2) is 11.6 Å². The first-order valence-corrected chi connectivity index (χ1v) is 45.3. The third-order valence-corrected chi connectivity index (χ3v) is 24.7. The number of Topliss-reactive ketones (excluding diaryl/α,β-unsaturated/α-hetero) is 3. The van der Waals surface area contributed by atoms with Gasteiger partial charge in [-0.3, -0.25) is 76.7 Å². The van der Waals surface area contributed by atoms with Crippen molar-refractivity contribution in [2.45, 2.75) is 179 Å². The van der Waals surface area contributed by atoms with Crippen LogP contribution in [-0.4, -0.2) is 250 Å². The van der Waals surface area contributed by atoms with Crippen LogP contribution in [0.4, 0.5) is 0 Å². The highest BCUT2D eigenvalue weighted by Gasteiger charge is 2.42. The van der Waals surface area contributed by atoms with Crippen molar-refractivity contribution in [3.05, 3.63) is 207 Å². The number of unbranched alkanes of at least 4 members (excludes halogenated alkanes) is 1. The van der Waals surface area contributed by atoms with Crippen LogP contribution in [0.5, 0.6) is 5.75 Å². The number of halogens is 2. The van der Waals surface area contributed by atoms with Crippen molar-refractivity contribution >= 4 is 141 Å². The lowest BCUT2D eigenvalue weighted by atomic mass is 9.84. The number of likely N-dealkylation sites (N-methyl/N-ethyl adjacent to an activating group) is 5. The molecule has 1 aliphatic heterocycles. The van der Waals surface area contributed by atoms with Gasteiger partial charge in [0.05, 0.1) is 40.8 Å². The number of aromatic nitrogens is 1. The second-order valence-electron chi connectivity index (χ2n) is 33.8. The Labute approximate surface area is 771 Å². The summed E-state index contributed by atoms with van der Waals surface area (Å²) in [6.07, 6.45) is -0.566. The highest BCUT2D eigenvalue weighted by Crippen LogP contribution is 2.29.